The van der Waals surface area contributed by atoms with Crippen LogP contribution >= 0.6 is 11.3 Å². The third kappa shape index (κ3) is 3.49. The predicted molar refractivity (Wildman–Crippen MR) is 145 cm³/mol. The van der Waals surface area contributed by atoms with Gasteiger partial charge in [0.05, 0.1) is 0 Å². The van der Waals surface area contributed by atoms with Crippen molar-refractivity contribution in [1.29, 1.82) is 0 Å². The predicted octanol–water partition coefficient (Wildman–Crippen LogP) is 9.16. The third-order valence-corrected chi connectivity index (χ3v) is 7.52. The van der Waals surface area contributed by atoms with Crippen molar-refractivity contribution in [2.75, 3.05) is 11.9 Å². The summed E-state index contributed by atoms with van der Waals surface area (Å²) in [5.74, 6) is 0. The molecule has 158 valence electrons. The van der Waals surface area contributed by atoms with E-state index in [-0.39, 0.29) is 0 Å². The molecule has 0 unspecified atom stereocenters. The second-order valence-electron chi connectivity index (χ2n) is 8.27. The number of nitrogens with zero attached hydrogens (tertiary/aromatic N) is 1. The van der Waals surface area contributed by atoms with Crippen LogP contribution in [-0.4, -0.2) is 7.05 Å². The molecule has 5 aromatic carbocycles. The Kier molecular flexibility index (Phi) is 4.93. The van der Waals surface area contributed by atoms with Crippen molar-refractivity contribution >= 4 is 42.9 Å². The van der Waals surface area contributed by atoms with E-state index in [1.54, 1.807) is 0 Å². The minimum atomic E-state index is 1.17. The average molecular weight is 442 g/mol. The molecule has 0 aliphatic carbocycles. The van der Waals surface area contributed by atoms with Crippen LogP contribution in [0.1, 0.15) is 0 Å². The molecule has 33 heavy (non-hydrogen) atoms. The van der Waals surface area contributed by atoms with Crippen LogP contribution in [0.3, 0.4) is 0 Å². The van der Waals surface area contributed by atoms with E-state index in [9.17, 15) is 0 Å². The summed E-state index contributed by atoms with van der Waals surface area (Å²) in [6, 6.07) is 43.4. The average Bonchev–Trinajstić information content (AvgIpc) is 3.28. The third-order valence-electron chi connectivity index (χ3n) is 6.30. The topological polar surface area (TPSA) is 3.24 Å². The summed E-state index contributed by atoms with van der Waals surface area (Å²) in [7, 11) is 2.15. The molecular formula is C31H23NS. The van der Waals surface area contributed by atoms with Crippen LogP contribution in [-0.2, 0) is 0 Å². The first kappa shape index (κ1) is 19.8. The van der Waals surface area contributed by atoms with Crippen LogP contribution in [0.25, 0.3) is 42.4 Å². The van der Waals surface area contributed by atoms with Crippen LogP contribution in [0.2, 0.25) is 0 Å². The highest BCUT2D eigenvalue weighted by Crippen LogP contribution is 2.41. The Morgan fingerprint density at radius 2 is 1.21 bits per heavy atom. The molecule has 0 N–H and O–H groups in total. The highest BCUT2D eigenvalue weighted by Gasteiger charge is 2.13. The summed E-state index contributed by atoms with van der Waals surface area (Å²) in [5, 5.41) is 2.67. The maximum Gasteiger partial charge on any atom is 0.0487 e. The minimum Gasteiger partial charge on any atom is -0.344 e. The number of hydrogen-bond donors (Lipinski definition) is 0. The van der Waals surface area contributed by atoms with Crippen LogP contribution in [0.5, 0.6) is 0 Å². The summed E-state index contributed by atoms with van der Waals surface area (Å²) in [4.78, 5) is 2.29. The Bertz CT molecular complexity index is 1580. The lowest BCUT2D eigenvalue weighted by atomic mass is 10.0. The van der Waals surface area contributed by atoms with Gasteiger partial charge in [-0.2, -0.15) is 0 Å². The number of para-hydroxylation sites is 1. The van der Waals surface area contributed by atoms with Gasteiger partial charge in [0, 0.05) is 44.2 Å². The molecule has 2 heteroatoms. The number of anilines is 2. The first-order valence-corrected chi connectivity index (χ1v) is 12.0. The highest BCUT2D eigenvalue weighted by atomic mass is 32.1. The molecule has 6 rings (SSSR count). The van der Waals surface area contributed by atoms with Crippen LogP contribution in [0.15, 0.2) is 121 Å². The SMILES string of the molecule is CN(c1cccc(-c2cccc3c2sc2ccccc23)c1)c1ccccc1-c1ccccc1. The van der Waals surface area contributed by atoms with Gasteiger partial charge in [0.15, 0.2) is 0 Å². The van der Waals surface area contributed by atoms with Gasteiger partial charge in [-0.25, -0.2) is 0 Å². The van der Waals surface area contributed by atoms with Crippen LogP contribution in [0.4, 0.5) is 11.4 Å². The van der Waals surface area contributed by atoms with Crippen molar-refractivity contribution in [3.05, 3.63) is 121 Å². The molecule has 0 fully saturated rings. The lowest BCUT2D eigenvalue weighted by Gasteiger charge is -2.23. The fourth-order valence-corrected chi connectivity index (χ4v) is 5.86. The normalized spacial score (nSPS) is 11.2. The van der Waals surface area contributed by atoms with Gasteiger partial charge in [0.1, 0.15) is 0 Å². The van der Waals surface area contributed by atoms with E-state index in [0.717, 1.165) is 0 Å². The Morgan fingerprint density at radius 3 is 2.12 bits per heavy atom. The molecule has 1 aromatic heterocycles. The number of rotatable bonds is 4. The second kappa shape index (κ2) is 8.23. The monoisotopic (exact) mass is 441 g/mol. The maximum absolute atomic E-state index is 2.31. The van der Waals surface area contributed by atoms with Gasteiger partial charge in [-0.1, -0.05) is 97.1 Å². The van der Waals surface area contributed by atoms with Gasteiger partial charge < -0.3 is 4.90 Å². The Balaban J connectivity index is 1.46. The largest absolute Gasteiger partial charge is 0.344 e. The van der Waals surface area contributed by atoms with E-state index >= 15 is 0 Å². The van der Waals surface area contributed by atoms with E-state index < -0.39 is 0 Å². The summed E-state index contributed by atoms with van der Waals surface area (Å²) < 4.78 is 2.69. The smallest absolute Gasteiger partial charge is 0.0487 e. The number of benzene rings is 5. The highest BCUT2D eigenvalue weighted by molar-refractivity contribution is 7.26. The molecule has 0 aliphatic heterocycles. The van der Waals surface area contributed by atoms with Crippen molar-refractivity contribution < 1.29 is 0 Å². The van der Waals surface area contributed by atoms with Gasteiger partial charge in [-0.05, 0) is 41.0 Å². The van der Waals surface area contributed by atoms with Gasteiger partial charge in [0.25, 0.3) is 0 Å². The molecule has 0 saturated carbocycles. The van der Waals surface area contributed by atoms with Gasteiger partial charge >= 0.3 is 0 Å². The first-order chi connectivity index (χ1) is 16.3. The maximum atomic E-state index is 2.31. The molecule has 6 aromatic rings. The van der Waals surface area contributed by atoms with Crippen molar-refractivity contribution in [1.82, 2.24) is 0 Å². The molecule has 0 atom stereocenters. The zero-order valence-electron chi connectivity index (χ0n) is 18.4. The fourth-order valence-electron chi connectivity index (χ4n) is 4.62. The quantitative estimate of drug-likeness (QED) is 0.263. The molecule has 1 heterocycles. The van der Waals surface area contributed by atoms with E-state index in [2.05, 4.69) is 133 Å². The Morgan fingerprint density at radius 1 is 0.545 bits per heavy atom. The lowest BCUT2D eigenvalue weighted by Crippen LogP contribution is -2.10. The van der Waals surface area contributed by atoms with E-state index in [4.69, 9.17) is 0 Å². The Hall–Kier alpha value is -3.88. The second-order valence-corrected chi connectivity index (χ2v) is 9.33. The van der Waals surface area contributed by atoms with Crippen LogP contribution < -0.4 is 4.90 Å². The Labute approximate surface area is 198 Å². The summed E-state index contributed by atoms with van der Waals surface area (Å²) in [6.07, 6.45) is 0. The molecular weight excluding hydrogens is 418 g/mol. The zero-order valence-corrected chi connectivity index (χ0v) is 19.2. The molecule has 0 amide bonds. The summed E-state index contributed by atoms with van der Waals surface area (Å²) in [6.45, 7) is 0. The number of fused-ring (bicyclic) bond motifs is 3. The molecule has 0 bridgehead atoms. The van der Waals surface area contributed by atoms with Gasteiger partial charge in [0.2, 0.25) is 0 Å². The van der Waals surface area contributed by atoms with Crippen molar-refractivity contribution in [2.24, 2.45) is 0 Å². The first-order valence-electron chi connectivity index (χ1n) is 11.2. The van der Waals surface area contributed by atoms with Crippen molar-refractivity contribution in [2.45, 2.75) is 0 Å². The number of hydrogen-bond acceptors (Lipinski definition) is 2. The summed E-state index contributed by atoms with van der Waals surface area (Å²) >= 11 is 1.88. The molecule has 0 aliphatic rings. The minimum absolute atomic E-state index is 1.17. The lowest BCUT2D eigenvalue weighted by molar-refractivity contribution is 1.21. The standard InChI is InChI=1S/C31H23NS/c1-32(29-19-7-5-15-25(29)22-11-3-2-4-12-22)24-14-9-13-23(21-24)26-17-10-18-28-27-16-6-8-20-30(27)33-31(26)28/h2-21H,1H3. The van der Waals surface area contributed by atoms with E-state index in [0.29, 0.717) is 0 Å². The fraction of sp³-hybridized carbons (Fsp3) is 0.0323. The summed E-state index contributed by atoms with van der Waals surface area (Å²) in [5.41, 5.74) is 7.37. The molecule has 1 nitrogen and oxygen atoms in total. The van der Waals surface area contributed by atoms with Crippen molar-refractivity contribution in [3.63, 3.8) is 0 Å². The van der Waals surface area contributed by atoms with E-state index in [1.165, 1.54) is 53.8 Å². The van der Waals surface area contributed by atoms with E-state index in [1.807, 2.05) is 11.3 Å². The van der Waals surface area contributed by atoms with Gasteiger partial charge in [-0.3, -0.25) is 0 Å². The molecule has 0 radical (unpaired) electrons. The molecule has 0 saturated heterocycles. The van der Waals surface area contributed by atoms with Crippen LogP contribution in [0, 0.1) is 0 Å². The molecule has 0 spiro atoms. The number of thiophene rings is 1. The van der Waals surface area contributed by atoms with Gasteiger partial charge in [-0.15, -0.1) is 11.3 Å². The zero-order chi connectivity index (χ0) is 22.2. The van der Waals surface area contributed by atoms with Crippen molar-refractivity contribution in [3.8, 4) is 22.3 Å².